The fraction of sp³-hybridized carbons (Fsp3) is 0.423. The summed E-state index contributed by atoms with van der Waals surface area (Å²) in [6.45, 7) is 0. The van der Waals surface area contributed by atoms with Crippen molar-refractivity contribution in [1.29, 1.82) is 0 Å². The number of rotatable bonds is 9. The van der Waals surface area contributed by atoms with Crippen LogP contribution in [0.4, 0.5) is 0 Å². The summed E-state index contributed by atoms with van der Waals surface area (Å²) in [4.78, 5) is 16.1. The van der Waals surface area contributed by atoms with Gasteiger partial charge < -0.3 is 4.74 Å². The molecule has 1 saturated carbocycles. The normalized spacial score (nSPS) is 15.1. The number of benzene rings is 1. The van der Waals surface area contributed by atoms with Crippen molar-refractivity contribution in [2.75, 3.05) is 7.11 Å². The molecule has 0 bridgehead atoms. The van der Waals surface area contributed by atoms with E-state index in [2.05, 4.69) is 28.0 Å². The van der Waals surface area contributed by atoms with E-state index in [0.717, 1.165) is 46.2 Å². The largest absolute Gasteiger partial charge is 0.469 e. The van der Waals surface area contributed by atoms with Crippen LogP contribution in [0.15, 0.2) is 55.0 Å². The van der Waals surface area contributed by atoms with Gasteiger partial charge in [-0.3, -0.25) is 14.5 Å². The van der Waals surface area contributed by atoms with E-state index in [1.54, 1.807) is 0 Å². The summed E-state index contributed by atoms with van der Waals surface area (Å²) < 4.78 is 6.83. The van der Waals surface area contributed by atoms with Crippen LogP contribution in [0.3, 0.4) is 0 Å². The topological polar surface area (TPSA) is 57.0 Å². The third-order valence-corrected chi connectivity index (χ3v) is 6.75. The summed E-state index contributed by atoms with van der Waals surface area (Å²) >= 11 is 6.41. The molecule has 1 aliphatic carbocycles. The molecule has 3 aromatic rings. The van der Waals surface area contributed by atoms with E-state index in [0.29, 0.717) is 12.8 Å². The number of nitrogens with zero attached hydrogens (tertiary/aromatic N) is 3. The molecule has 5 nitrogen and oxygen atoms in total. The maximum absolute atomic E-state index is 11.4. The van der Waals surface area contributed by atoms with Crippen LogP contribution in [0.5, 0.6) is 0 Å². The molecule has 0 amide bonds. The standard InChI is InChI=1S/C26H30ClN3O2/c1-32-26(31)13-11-20-10-12-22(28-16-20)15-23(14-19-6-2-3-7-19)30-18-21(17-29-30)24-8-4-5-9-25(24)27/h4-5,8-10,12,16-19,23H,2-3,6-7,11,13-15H2,1H3/t23-/m0/s1. The van der Waals surface area contributed by atoms with Crippen molar-refractivity contribution >= 4 is 17.6 Å². The molecule has 2 aromatic heterocycles. The lowest BCUT2D eigenvalue weighted by molar-refractivity contribution is -0.140. The first-order valence-electron chi connectivity index (χ1n) is 11.4. The third-order valence-electron chi connectivity index (χ3n) is 6.42. The molecule has 1 atom stereocenters. The van der Waals surface area contributed by atoms with E-state index >= 15 is 0 Å². The molecule has 1 fully saturated rings. The zero-order valence-electron chi connectivity index (χ0n) is 18.5. The maximum Gasteiger partial charge on any atom is 0.305 e. The Balaban J connectivity index is 1.50. The molecule has 2 heterocycles. The van der Waals surface area contributed by atoms with Gasteiger partial charge in [0.05, 0.1) is 19.3 Å². The molecule has 0 saturated heterocycles. The molecule has 0 N–H and O–H groups in total. The lowest BCUT2D eigenvalue weighted by Crippen LogP contribution is -2.16. The van der Waals surface area contributed by atoms with Crippen molar-refractivity contribution in [3.8, 4) is 11.1 Å². The minimum Gasteiger partial charge on any atom is -0.469 e. The van der Waals surface area contributed by atoms with E-state index < -0.39 is 0 Å². The second-order valence-corrected chi connectivity index (χ2v) is 9.07. The molecule has 0 spiro atoms. The lowest BCUT2D eigenvalue weighted by atomic mass is 9.95. The van der Waals surface area contributed by atoms with Crippen molar-refractivity contribution in [2.24, 2.45) is 5.92 Å². The predicted octanol–water partition coefficient (Wildman–Crippen LogP) is 6.07. The van der Waals surface area contributed by atoms with Gasteiger partial charge in [0.1, 0.15) is 0 Å². The monoisotopic (exact) mass is 451 g/mol. The smallest absolute Gasteiger partial charge is 0.305 e. The van der Waals surface area contributed by atoms with Crippen LogP contribution < -0.4 is 0 Å². The van der Waals surface area contributed by atoms with Gasteiger partial charge >= 0.3 is 5.97 Å². The molecule has 0 unspecified atom stereocenters. The number of carbonyl (C=O) groups excluding carboxylic acids is 1. The Hall–Kier alpha value is -2.66. The molecule has 168 valence electrons. The van der Waals surface area contributed by atoms with Crippen molar-refractivity contribution in [3.63, 3.8) is 0 Å². The SMILES string of the molecule is COC(=O)CCc1ccc(C[C@H](CC2CCCC2)n2cc(-c3ccccc3Cl)cn2)nc1. The summed E-state index contributed by atoms with van der Waals surface area (Å²) in [6.07, 6.45) is 14.1. The van der Waals surface area contributed by atoms with Gasteiger partial charge in [-0.1, -0.05) is 61.5 Å². The second kappa shape index (κ2) is 10.8. The molecular formula is C26H30ClN3O2. The molecule has 32 heavy (non-hydrogen) atoms. The third kappa shape index (κ3) is 5.77. The second-order valence-electron chi connectivity index (χ2n) is 8.67. The van der Waals surface area contributed by atoms with Gasteiger partial charge in [-0.2, -0.15) is 5.10 Å². The first kappa shape index (κ1) is 22.5. The summed E-state index contributed by atoms with van der Waals surface area (Å²) in [5.74, 6) is 0.547. The molecule has 6 heteroatoms. The number of carbonyl (C=O) groups is 1. The average Bonchev–Trinajstić information content (AvgIpc) is 3.50. The number of pyridine rings is 1. The van der Waals surface area contributed by atoms with Gasteiger partial charge in [0.15, 0.2) is 0 Å². The number of hydrogen-bond donors (Lipinski definition) is 0. The lowest BCUT2D eigenvalue weighted by Gasteiger charge is -2.21. The van der Waals surface area contributed by atoms with Gasteiger partial charge in [0, 0.05) is 47.1 Å². The van der Waals surface area contributed by atoms with Crippen molar-refractivity contribution < 1.29 is 9.53 Å². The van der Waals surface area contributed by atoms with Gasteiger partial charge in [-0.25, -0.2) is 0 Å². The van der Waals surface area contributed by atoms with Crippen LogP contribution in [0, 0.1) is 5.92 Å². The van der Waals surface area contributed by atoms with Crippen LogP contribution in [-0.4, -0.2) is 27.8 Å². The van der Waals surface area contributed by atoms with E-state index in [9.17, 15) is 4.79 Å². The minimum absolute atomic E-state index is 0.196. The van der Waals surface area contributed by atoms with E-state index in [1.807, 2.05) is 36.7 Å². The number of ether oxygens (including phenoxy) is 1. The minimum atomic E-state index is -0.196. The quantitative estimate of drug-likeness (QED) is 0.370. The Kier molecular flexibility index (Phi) is 7.59. The number of hydrogen-bond acceptors (Lipinski definition) is 4. The molecule has 1 aromatic carbocycles. The molecule has 4 rings (SSSR count). The molecule has 0 radical (unpaired) electrons. The first-order chi connectivity index (χ1) is 15.6. The summed E-state index contributed by atoms with van der Waals surface area (Å²) in [5.41, 5.74) is 4.14. The van der Waals surface area contributed by atoms with Crippen molar-refractivity contribution in [1.82, 2.24) is 14.8 Å². The average molecular weight is 452 g/mol. The first-order valence-corrected chi connectivity index (χ1v) is 11.8. The van der Waals surface area contributed by atoms with E-state index in [1.165, 1.54) is 32.8 Å². The highest BCUT2D eigenvalue weighted by Crippen LogP contribution is 2.34. The predicted molar refractivity (Wildman–Crippen MR) is 127 cm³/mol. The number of halogens is 1. The number of aryl methyl sites for hydroxylation is 1. The molecule has 0 aliphatic heterocycles. The van der Waals surface area contributed by atoms with Crippen LogP contribution >= 0.6 is 11.6 Å². The number of esters is 1. The Labute approximate surface area is 194 Å². The van der Waals surface area contributed by atoms with Gasteiger partial charge in [0.25, 0.3) is 0 Å². The van der Waals surface area contributed by atoms with Crippen LogP contribution in [0.2, 0.25) is 5.02 Å². The Morgan fingerprint density at radius 3 is 2.72 bits per heavy atom. The summed E-state index contributed by atoms with van der Waals surface area (Å²) in [6, 6.07) is 12.3. The summed E-state index contributed by atoms with van der Waals surface area (Å²) in [7, 11) is 1.42. The fourth-order valence-corrected chi connectivity index (χ4v) is 4.85. The zero-order chi connectivity index (χ0) is 22.3. The van der Waals surface area contributed by atoms with Gasteiger partial charge in [-0.15, -0.1) is 0 Å². The highest BCUT2D eigenvalue weighted by atomic mass is 35.5. The Morgan fingerprint density at radius 2 is 2.00 bits per heavy atom. The van der Waals surface area contributed by atoms with Crippen molar-refractivity contribution in [3.05, 3.63) is 71.3 Å². The Morgan fingerprint density at radius 1 is 1.19 bits per heavy atom. The molecular weight excluding hydrogens is 422 g/mol. The fourth-order valence-electron chi connectivity index (χ4n) is 4.60. The van der Waals surface area contributed by atoms with E-state index in [-0.39, 0.29) is 12.0 Å². The van der Waals surface area contributed by atoms with E-state index in [4.69, 9.17) is 21.4 Å². The zero-order valence-corrected chi connectivity index (χ0v) is 19.3. The van der Waals surface area contributed by atoms with Crippen LogP contribution in [-0.2, 0) is 22.4 Å². The molecule has 1 aliphatic rings. The van der Waals surface area contributed by atoms with Gasteiger partial charge in [0.2, 0.25) is 0 Å². The highest BCUT2D eigenvalue weighted by molar-refractivity contribution is 6.33. The highest BCUT2D eigenvalue weighted by Gasteiger charge is 2.23. The maximum atomic E-state index is 11.4. The number of aromatic nitrogens is 3. The summed E-state index contributed by atoms with van der Waals surface area (Å²) in [5, 5.41) is 5.47. The van der Waals surface area contributed by atoms with Crippen molar-refractivity contribution in [2.45, 2.75) is 57.4 Å². The Bertz CT molecular complexity index is 1030. The number of methoxy groups -OCH3 is 1. The van der Waals surface area contributed by atoms with Crippen LogP contribution in [0.25, 0.3) is 11.1 Å². The van der Waals surface area contributed by atoms with Gasteiger partial charge in [-0.05, 0) is 36.5 Å². The van der Waals surface area contributed by atoms with Crippen LogP contribution in [0.1, 0.15) is 55.8 Å².